The van der Waals surface area contributed by atoms with Crippen molar-refractivity contribution in [2.24, 2.45) is 0 Å². The van der Waals surface area contributed by atoms with E-state index in [2.05, 4.69) is 69.3 Å². The second-order valence-electron chi connectivity index (χ2n) is 7.12. The Morgan fingerprint density at radius 3 is 2.92 bits per heavy atom. The summed E-state index contributed by atoms with van der Waals surface area (Å²) < 4.78 is 2.56. The molecule has 6 heteroatoms. The van der Waals surface area contributed by atoms with Crippen molar-refractivity contribution in [3.05, 3.63) is 52.1 Å². The minimum atomic E-state index is 0.228. The number of fused-ring (bicyclic) bond motifs is 3. The molecule has 2 aromatic carbocycles. The molecule has 0 saturated carbocycles. The molecule has 130 valence electrons. The molecule has 0 aliphatic carbocycles. The Labute approximate surface area is 168 Å². The number of rotatable bonds is 2. The number of nitrogens with one attached hydrogen (secondary N) is 1. The summed E-state index contributed by atoms with van der Waals surface area (Å²) in [5.41, 5.74) is 7.41. The van der Waals surface area contributed by atoms with E-state index in [0.717, 1.165) is 38.7 Å². The van der Waals surface area contributed by atoms with Gasteiger partial charge in [0.05, 0.1) is 21.2 Å². The van der Waals surface area contributed by atoms with Crippen molar-refractivity contribution in [2.75, 3.05) is 5.32 Å². The Bertz CT molecular complexity index is 1170. The van der Waals surface area contributed by atoms with Crippen molar-refractivity contribution in [3.8, 4) is 0 Å². The number of hydrogen-bond acceptors (Lipinski definition) is 5. The van der Waals surface area contributed by atoms with Gasteiger partial charge < -0.3 is 5.32 Å². The van der Waals surface area contributed by atoms with Gasteiger partial charge in [-0.1, -0.05) is 13.8 Å². The first-order chi connectivity index (χ1) is 12.5. The number of hydrogen-bond donors (Lipinski definition) is 1. The zero-order valence-electron chi connectivity index (χ0n) is 14.3. The molecule has 0 radical (unpaired) electrons. The maximum Gasteiger partial charge on any atom is 0.0868 e. The summed E-state index contributed by atoms with van der Waals surface area (Å²) in [6.07, 6.45) is 2.93. The third-order valence-electron chi connectivity index (χ3n) is 4.63. The number of anilines is 2. The Hall–Kier alpha value is -1.63. The quantitative estimate of drug-likeness (QED) is 0.372. The van der Waals surface area contributed by atoms with Crippen LogP contribution in [0, 0.1) is 0 Å². The molecule has 0 unspecified atom stereocenters. The largest absolute Gasteiger partial charge is 0.355 e. The summed E-state index contributed by atoms with van der Waals surface area (Å²) in [4.78, 5) is 10.4. The molecular formula is C20H16BrN3S2. The van der Waals surface area contributed by atoms with E-state index >= 15 is 0 Å². The summed E-state index contributed by atoms with van der Waals surface area (Å²) in [6.45, 7) is 4.59. The van der Waals surface area contributed by atoms with Crippen LogP contribution in [0.2, 0.25) is 0 Å². The van der Waals surface area contributed by atoms with Crippen LogP contribution in [0.25, 0.3) is 21.1 Å². The molecule has 0 saturated heterocycles. The average Bonchev–Trinajstić information content (AvgIpc) is 3.18. The molecule has 3 nitrogen and oxygen atoms in total. The van der Waals surface area contributed by atoms with Crippen molar-refractivity contribution in [3.63, 3.8) is 0 Å². The molecule has 0 atom stereocenters. The Balaban J connectivity index is 1.63. The van der Waals surface area contributed by atoms with Gasteiger partial charge in [0.25, 0.3) is 0 Å². The van der Waals surface area contributed by atoms with Gasteiger partial charge in [0.1, 0.15) is 0 Å². The maximum atomic E-state index is 4.64. The summed E-state index contributed by atoms with van der Waals surface area (Å²) in [6, 6.07) is 10.6. The van der Waals surface area contributed by atoms with Crippen LogP contribution >= 0.6 is 39.0 Å². The average molecular weight is 442 g/mol. The van der Waals surface area contributed by atoms with Crippen LogP contribution in [0.3, 0.4) is 0 Å². The molecule has 0 fully saturated rings. The summed E-state index contributed by atoms with van der Waals surface area (Å²) >= 11 is 7.43. The van der Waals surface area contributed by atoms with Crippen molar-refractivity contribution in [1.82, 2.24) is 9.97 Å². The second kappa shape index (κ2) is 5.94. The molecular weight excluding hydrogens is 426 g/mol. The molecule has 26 heavy (non-hydrogen) atoms. The zero-order valence-corrected chi connectivity index (χ0v) is 17.6. The lowest BCUT2D eigenvalue weighted by Gasteiger charge is -2.13. The first kappa shape index (κ1) is 16.5. The molecule has 0 spiro atoms. The third kappa shape index (κ3) is 2.71. The minimum absolute atomic E-state index is 0.228. The predicted molar refractivity (Wildman–Crippen MR) is 116 cm³/mol. The Morgan fingerprint density at radius 1 is 1.15 bits per heavy atom. The molecule has 2 aromatic heterocycles. The summed E-state index contributed by atoms with van der Waals surface area (Å²) in [5, 5.41) is 4.70. The van der Waals surface area contributed by atoms with E-state index in [0.29, 0.717) is 0 Å². The van der Waals surface area contributed by atoms with Crippen molar-refractivity contribution in [2.45, 2.75) is 29.9 Å². The third-order valence-corrected chi connectivity index (χ3v) is 7.58. The van der Waals surface area contributed by atoms with Gasteiger partial charge >= 0.3 is 0 Å². The molecule has 1 N–H and O–H groups in total. The van der Waals surface area contributed by atoms with Crippen molar-refractivity contribution in [1.29, 1.82) is 0 Å². The highest BCUT2D eigenvalue weighted by atomic mass is 79.9. The van der Waals surface area contributed by atoms with Gasteiger partial charge in [0.2, 0.25) is 0 Å². The number of aromatic nitrogens is 2. The molecule has 1 aliphatic heterocycles. The SMILES string of the molecule is CC1(C)Cc2c(cc3c(Nc4ccc5scnc5c4)ccnc3c2Br)S1. The fourth-order valence-corrected chi connectivity index (χ4v) is 6.22. The molecule has 0 bridgehead atoms. The van der Waals surface area contributed by atoms with Gasteiger partial charge in [0, 0.05) is 37.1 Å². The molecule has 0 amide bonds. The Kier molecular flexibility index (Phi) is 3.78. The number of thioether (sulfide) groups is 1. The van der Waals surface area contributed by atoms with E-state index in [4.69, 9.17) is 0 Å². The number of benzene rings is 2. The maximum absolute atomic E-state index is 4.64. The second-order valence-corrected chi connectivity index (χ2v) is 10.5. The first-order valence-electron chi connectivity index (χ1n) is 8.40. The molecule has 5 rings (SSSR count). The number of thiazole rings is 1. The standard InChI is InChI=1S/C20H16BrN3S2/c1-20(2)9-13-17(26-20)8-12-14(5-6-22-19(12)18(13)21)24-11-3-4-16-15(7-11)23-10-25-16/h3-8,10H,9H2,1-2H3,(H,22,24). The van der Waals surface area contributed by atoms with Crippen LogP contribution in [0.5, 0.6) is 0 Å². The van der Waals surface area contributed by atoms with Crippen LogP contribution in [-0.4, -0.2) is 14.7 Å². The van der Waals surface area contributed by atoms with Crippen LogP contribution in [0.15, 0.2) is 51.4 Å². The number of nitrogens with zero attached hydrogens (tertiary/aromatic N) is 2. The molecule has 3 heterocycles. The van der Waals surface area contributed by atoms with E-state index in [1.165, 1.54) is 15.2 Å². The molecule has 4 aromatic rings. The highest BCUT2D eigenvalue weighted by Crippen LogP contribution is 2.49. The normalized spacial score (nSPS) is 15.5. The molecule has 1 aliphatic rings. The lowest BCUT2D eigenvalue weighted by atomic mass is 10.0. The number of pyridine rings is 1. The van der Waals surface area contributed by atoms with E-state index in [9.17, 15) is 0 Å². The van der Waals surface area contributed by atoms with Crippen LogP contribution in [0.4, 0.5) is 11.4 Å². The van der Waals surface area contributed by atoms with E-state index in [1.54, 1.807) is 11.3 Å². The fourth-order valence-electron chi connectivity index (χ4n) is 3.48. The lowest BCUT2D eigenvalue weighted by Crippen LogP contribution is -2.11. The van der Waals surface area contributed by atoms with Crippen LogP contribution < -0.4 is 5.32 Å². The van der Waals surface area contributed by atoms with E-state index in [1.807, 2.05) is 29.5 Å². The zero-order chi connectivity index (χ0) is 17.9. The highest BCUT2D eigenvalue weighted by molar-refractivity contribution is 9.10. The fraction of sp³-hybridized carbons (Fsp3) is 0.200. The summed E-state index contributed by atoms with van der Waals surface area (Å²) in [7, 11) is 0. The number of halogens is 1. The van der Waals surface area contributed by atoms with Gasteiger partial charge in [-0.05, 0) is 58.2 Å². The van der Waals surface area contributed by atoms with E-state index < -0.39 is 0 Å². The van der Waals surface area contributed by atoms with Crippen LogP contribution in [-0.2, 0) is 6.42 Å². The van der Waals surface area contributed by atoms with Gasteiger partial charge in [-0.25, -0.2) is 4.98 Å². The summed E-state index contributed by atoms with van der Waals surface area (Å²) in [5.74, 6) is 0. The lowest BCUT2D eigenvalue weighted by molar-refractivity contribution is 0.722. The topological polar surface area (TPSA) is 37.8 Å². The van der Waals surface area contributed by atoms with E-state index in [-0.39, 0.29) is 4.75 Å². The Morgan fingerprint density at radius 2 is 2.04 bits per heavy atom. The van der Waals surface area contributed by atoms with Crippen molar-refractivity contribution < 1.29 is 0 Å². The van der Waals surface area contributed by atoms with Gasteiger partial charge in [-0.2, -0.15) is 0 Å². The van der Waals surface area contributed by atoms with Crippen LogP contribution in [0.1, 0.15) is 19.4 Å². The monoisotopic (exact) mass is 441 g/mol. The van der Waals surface area contributed by atoms with Gasteiger partial charge in [0.15, 0.2) is 0 Å². The minimum Gasteiger partial charge on any atom is -0.355 e. The first-order valence-corrected chi connectivity index (χ1v) is 10.9. The van der Waals surface area contributed by atoms with Gasteiger partial charge in [-0.15, -0.1) is 23.1 Å². The van der Waals surface area contributed by atoms with Crippen molar-refractivity contribution >= 4 is 71.5 Å². The predicted octanol–water partition coefficient (Wildman–Crippen LogP) is 6.78. The van der Waals surface area contributed by atoms with Gasteiger partial charge in [-0.3, -0.25) is 4.98 Å². The highest BCUT2D eigenvalue weighted by Gasteiger charge is 2.32. The smallest absolute Gasteiger partial charge is 0.0868 e.